The summed E-state index contributed by atoms with van der Waals surface area (Å²) in [6.45, 7) is 6.33. The molecule has 1 aliphatic rings. The number of hydrogen-bond donors (Lipinski definition) is 1. The standard InChI is InChI=1S/C20H25FN2O2/c1-3-25-18-9-6-16(14-19(18)24-2)20(23-12-10-22-11-13-23)15-4-7-17(21)8-5-15/h4-9,14,20,22H,3,10-13H2,1-2H3. The van der Waals surface area contributed by atoms with Crippen LogP contribution in [0, 0.1) is 5.82 Å². The number of nitrogens with zero attached hydrogens (tertiary/aromatic N) is 1. The van der Waals surface area contributed by atoms with Gasteiger partial charge in [-0.25, -0.2) is 4.39 Å². The lowest BCUT2D eigenvalue weighted by Crippen LogP contribution is -2.45. The van der Waals surface area contributed by atoms with Crippen molar-refractivity contribution in [3.05, 3.63) is 59.4 Å². The molecule has 1 saturated heterocycles. The van der Waals surface area contributed by atoms with Gasteiger partial charge in [-0.2, -0.15) is 0 Å². The molecule has 1 heterocycles. The van der Waals surface area contributed by atoms with Crippen molar-refractivity contribution in [3.8, 4) is 11.5 Å². The van der Waals surface area contributed by atoms with E-state index < -0.39 is 0 Å². The summed E-state index contributed by atoms with van der Waals surface area (Å²) in [6.07, 6.45) is 0. The van der Waals surface area contributed by atoms with Gasteiger partial charge in [-0.1, -0.05) is 18.2 Å². The van der Waals surface area contributed by atoms with E-state index in [1.807, 2.05) is 31.2 Å². The summed E-state index contributed by atoms with van der Waals surface area (Å²) in [4.78, 5) is 2.42. The van der Waals surface area contributed by atoms with E-state index in [1.54, 1.807) is 7.11 Å². The van der Waals surface area contributed by atoms with E-state index in [1.165, 1.54) is 12.1 Å². The lowest BCUT2D eigenvalue weighted by atomic mass is 9.96. The molecule has 1 aliphatic heterocycles. The Morgan fingerprint density at radius 3 is 2.36 bits per heavy atom. The van der Waals surface area contributed by atoms with Crippen LogP contribution in [0.15, 0.2) is 42.5 Å². The highest BCUT2D eigenvalue weighted by molar-refractivity contribution is 5.46. The number of nitrogens with one attached hydrogen (secondary N) is 1. The normalized spacial score (nSPS) is 16.4. The van der Waals surface area contributed by atoms with Crippen molar-refractivity contribution < 1.29 is 13.9 Å². The molecular weight excluding hydrogens is 319 g/mol. The van der Waals surface area contributed by atoms with Crippen LogP contribution >= 0.6 is 0 Å². The van der Waals surface area contributed by atoms with E-state index >= 15 is 0 Å². The Labute approximate surface area is 148 Å². The molecule has 5 heteroatoms. The molecule has 134 valence electrons. The van der Waals surface area contributed by atoms with Gasteiger partial charge in [0.2, 0.25) is 0 Å². The van der Waals surface area contributed by atoms with E-state index in [9.17, 15) is 4.39 Å². The second-order valence-corrected chi connectivity index (χ2v) is 6.08. The summed E-state index contributed by atoms with van der Waals surface area (Å²) in [5.74, 6) is 1.25. The number of rotatable bonds is 6. The zero-order valence-electron chi connectivity index (χ0n) is 14.8. The Balaban J connectivity index is 1.99. The first-order valence-corrected chi connectivity index (χ1v) is 8.74. The minimum atomic E-state index is -0.216. The van der Waals surface area contributed by atoms with E-state index in [2.05, 4.69) is 16.3 Å². The number of methoxy groups -OCH3 is 1. The average molecular weight is 344 g/mol. The molecule has 1 fully saturated rings. The third kappa shape index (κ3) is 4.11. The topological polar surface area (TPSA) is 33.7 Å². The maximum atomic E-state index is 13.4. The van der Waals surface area contributed by atoms with Crippen LogP contribution in [0.5, 0.6) is 11.5 Å². The first kappa shape index (κ1) is 17.7. The molecule has 0 aliphatic carbocycles. The van der Waals surface area contributed by atoms with Crippen molar-refractivity contribution in [1.29, 1.82) is 0 Å². The first-order chi connectivity index (χ1) is 12.2. The highest BCUT2D eigenvalue weighted by Crippen LogP contribution is 2.35. The van der Waals surface area contributed by atoms with Crippen molar-refractivity contribution in [2.45, 2.75) is 13.0 Å². The largest absolute Gasteiger partial charge is 0.493 e. The molecule has 4 nitrogen and oxygen atoms in total. The smallest absolute Gasteiger partial charge is 0.161 e. The van der Waals surface area contributed by atoms with Gasteiger partial charge in [-0.05, 0) is 42.3 Å². The maximum absolute atomic E-state index is 13.4. The van der Waals surface area contributed by atoms with Crippen molar-refractivity contribution in [2.75, 3.05) is 39.9 Å². The van der Waals surface area contributed by atoms with Crippen LogP contribution in [-0.2, 0) is 0 Å². The fraction of sp³-hybridized carbons (Fsp3) is 0.400. The van der Waals surface area contributed by atoms with Gasteiger partial charge in [0.05, 0.1) is 19.8 Å². The molecular formula is C20H25FN2O2. The SMILES string of the molecule is CCOc1ccc(C(c2ccc(F)cc2)N2CCNCC2)cc1OC. The zero-order valence-corrected chi connectivity index (χ0v) is 14.8. The van der Waals surface area contributed by atoms with Crippen LogP contribution in [0.2, 0.25) is 0 Å². The van der Waals surface area contributed by atoms with Crippen LogP contribution in [0.4, 0.5) is 4.39 Å². The highest BCUT2D eigenvalue weighted by Gasteiger charge is 2.25. The van der Waals surface area contributed by atoms with Crippen LogP contribution in [0.3, 0.4) is 0 Å². The Morgan fingerprint density at radius 1 is 1.04 bits per heavy atom. The number of hydrogen-bond acceptors (Lipinski definition) is 4. The molecule has 1 atom stereocenters. The predicted molar refractivity (Wildman–Crippen MR) is 96.8 cm³/mol. The van der Waals surface area contributed by atoms with Crippen molar-refractivity contribution in [3.63, 3.8) is 0 Å². The van der Waals surface area contributed by atoms with Gasteiger partial charge in [0.15, 0.2) is 11.5 Å². The summed E-state index contributed by atoms with van der Waals surface area (Å²) >= 11 is 0. The van der Waals surface area contributed by atoms with Crippen molar-refractivity contribution in [2.24, 2.45) is 0 Å². The molecule has 2 aromatic carbocycles. The number of ether oxygens (including phenoxy) is 2. The van der Waals surface area contributed by atoms with Gasteiger partial charge in [-0.15, -0.1) is 0 Å². The summed E-state index contributed by atoms with van der Waals surface area (Å²) in [5, 5.41) is 3.38. The van der Waals surface area contributed by atoms with E-state index in [-0.39, 0.29) is 11.9 Å². The van der Waals surface area contributed by atoms with E-state index in [0.29, 0.717) is 6.61 Å². The molecule has 0 bridgehead atoms. The highest BCUT2D eigenvalue weighted by atomic mass is 19.1. The molecule has 3 rings (SSSR count). The molecule has 0 radical (unpaired) electrons. The van der Waals surface area contributed by atoms with Crippen molar-refractivity contribution in [1.82, 2.24) is 10.2 Å². The minimum absolute atomic E-state index is 0.0623. The maximum Gasteiger partial charge on any atom is 0.161 e. The van der Waals surface area contributed by atoms with Gasteiger partial charge in [0.25, 0.3) is 0 Å². The fourth-order valence-corrected chi connectivity index (χ4v) is 3.33. The third-order valence-corrected chi connectivity index (χ3v) is 4.51. The summed E-state index contributed by atoms with van der Waals surface area (Å²) in [7, 11) is 1.65. The number of benzene rings is 2. The second kappa shape index (κ2) is 8.32. The minimum Gasteiger partial charge on any atom is -0.493 e. The van der Waals surface area contributed by atoms with Crippen LogP contribution in [0.1, 0.15) is 24.1 Å². The van der Waals surface area contributed by atoms with Crippen molar-refractivity contribution >= 4 is 0 Å². The summed E-state index contributed by atoms with van der Waals surface area (Å²) < 4.78 is 24.5. The summed E-state index contributed by atoms with van der Waals surface area (Å²) in [5.41, 5.74) is 2.20. The Kier molecular flexibility index (Phi) is 5.89. The molecule has 2 aromatic rings. The Morgan fingerprint density at radius 2 is 1.72 bits per heavy atom. The molecule has 0 saturated carbocycles. The average Bonchev–Trinajstić information content (AvgIpc) is 2.65. The molecule has 1 N–H and O–H groups in total. The molecule has 1 unspecified atom stereocenters. The van der Waals surface area contributed by atoms with E-state index in [0.717, 1.165) is 48.8 Å². The van der Waals surface area contributed by atoms with Gasteiger partial charge < -0.3 is 14.8 Å². The molecule has 0 spiro atoms. The quantitative estimate of drug-likeness (QED) is 0.872. The lowest BCUT2D eigenvalue weighted by Gasteiger charge is -2.35. The predicted octanol–water partition coefficient (Wildman–Crippen LogP) is 3.23. The number of piperazine rings is 1. The van der Waals surface area contributed by atoms with Gasteiger partial charge in [0, 0.05) is 26.2 Å². The molecule has 0 amide bonds. The molecule has 0 aromatic heterocycles. The zero-order chi connectivity index (χ0) is 17.6. The van der Waals surface area contributed by atoms with Gasteiger partial charge >= 0.3 is 0 Å². The van der Waals surface area contributed by atoms with Gasteiger partial charge in [-0.3, -0.25) is 4.90 Å². The summed E-state index contributed by atoms with van der Waals surface area (Å²) in [6, 6.07) is 12.9. The second-order valence-electron chi connectivity index (χ2n) is 6.08. The van der Waals surface area contributed by atoms with Crippen LogP contribution in [-0.4, -0.2) is 44.8 Å². The van der Waals surface area contributed by atoms with E-state index in [4.69, 9.17) is 9.47 Å². The Hall–Kier alpha value is -2.11. The fourth-order valence-electron chi connectivity index (χ4n) is 3.33. The lowest BCUT2D eigenvalue weighted by molar-refractivity contribution is 0.198. The molecule has 25 heavy (non-hydrogen) atoms. The van der Waals surface area contributed by atoms with Crippen LogP contribution in [0.25, 0.3) is 0 Å². The first-order valence-electron chi connectivity index (χ1n) is 8.74. The third-order valence-electron chi connectivity index (χ3n) is 4.51. The monoisotopic (exact) mass is 344 g/mol. The van der Waals surface area contributed by atoms with Gasteiger partial charge in [0.1, 0.15) is 5.82 Å². The van der Waals surface area contributed by atoms with Crippen LogP contribution < -0.4 is 14.8 Å². The Bertz CT molecular complexity index is 685. The number of halogens is 1.